The molecule has 0 aliphatic rings. The molecule has 0 aliphatic carbocycles. The summed E-state index contributed by atoms with van der Waals surface area (Å²) >= 11 is 0.957. The van der Waals surface area contributed by atoms with E-state index in [2.05, 4.69) is 20.6 Å². The zero-order valence-corrected chi connectivity index (χ0v) is 17.0. The molecule has 1 aromatic carbocycles. The van der Waals surface area contributed by atoms with Gasteiger partial charge in [-0.2, -0.15) is 13.2 Å². The Kier molecular flexibility index (Phi) is 8.10. The predicted octanol–water partition coefficient (Wildman–Crippen LogP) is 4.25. The number of thiazole rings is 1. The second-order valence-corrected chi connectivity index (χ2v) is 7.25. The van der Waals surface area contributed by atoms with Crippen molar-refractivity contribution < 1.29 is 17.9 Å². The topological polar surface area (TPSA) is 58.5 Å². The molecule has 9 heteroatoms. The van der Waals surface area contributed by atoms with E-state index in [-0.39, 0.29) is 12.6 Å². The van der Waals surface area contributed by atoms with Gasteiger partial charge < -0.3 is 15.4 Å². The molecule has 0 bridgehead atoms. The van der Waals surface area contributed by atoms with Crippen LogP contribution in [0.3, 0.4) is 0 Å². The maximum atomic E-state index is 12.6. The Labute approximate surface area is 167 Å². The van der Waals surface area contributed by atoms with Gasteiger partial charge in [0.1, 0.15) is 10.8 Å². The van der Waals surface area contributed by atoms with E-state index >= 15 is 0 Å². The van der Waals surface area contributed by atoms with Gasteiger partial charge in [-0.25, -0.2) is 9.98 Å². The minimum absolute atomic E-state index is 0.0946. The molecule has 2 aromatic rings. The molecule has 0 spiro atoms. The number of halogens is 3. The zero-order valence-electron chi connectivity index (χ0n) is 16.1. The van der Waals surface area contributed by atoms with E-state index in [9.17, 15) is 13.2 Å². The van der Waals surface area contributed by atoms with Gasteiger partial charge in [0.05, 0.1) is 12.6 Å². The smallest absolute Gasteiger partial charge is 0.434 e. The first-order chi connectivity index (χ1) is 13.3. The van der Waals surface area contributed by atoms with Crippen LogP contribution in [0.2, 0.25) is 0 Å². The maximum Gasteiger partial charge on any atom is 0.434 e. The highest BCUT2D eigenvalue weighted by atomic mass is 32.1. The average Bonchev–Trinajstić information content (AvgIpc) is 3.10. The third kappa shape index (κ3) is 7.38. The van der Waals surface area contributed by atoms with Crippen LogP contribution in [0, 0.1) is 0 Å². The van der Waals surface area contributed by atoms with Gasteiger partial charge >= 0.3 is 6.18 Å². The van der Waals surface area contributed by atoms with Crippen molar-refractivity contribution in [3.63, 3.8) is 0 Å². The first-order valence-corrected chi connectivity index (χ1v) is 9.95. The summed E-state index contributed by atoms with van der Waals surface area (Å²) in [5.41, 5.74) is 0.278. The molecule has 5 nitrogen and oxygen atoms in total. The Morgan fingerprint density at radius 2 is 1.93 bits per heavy atom. The van der Waals surface area contributed by atoms with Crippen LogP contribution in [-0.2, 0) is 19.1 Å². The van der Waals surface area contributed by atoms with E-state index in [1.165, 1.54) is 0 Å². The van der Waals surface area contributed by atoms with Gasteiger partial charge in [-0.05, 0) is 44.9 Å². The summed E-state index contributed by atoms with van der Waals surface area (Å²) in [5, 5.41) is 7.60. The van der Waals surface area contributed by atoms with Crippen LogP contribution in [0.1, 0.15) is 37.0 Å². The number of nitrogens with one attached hydrogen (secondary N) is 2. The van der Waals surface area contributed by atoms with Gasteiger partial charge in [-0.1, -0.05) is 12.1 Å². The van der Waals surface area contributed by atoms with Crippen LogP contribution >= 0.6 is 11.3 Å². The Morgan fingerprint density at radius 3 is 2.50 bits per heavy atom. The van der Waals surface area contributed by atoms with E-state index in [1.807, 2.05) is 45.0 Å². The van der Waals surface area contributed by atoms with E-state index in [0.717, 1.165) is 34.5 Å². The SMILES string of the molecule is CCNC(=NCc1nc(C(F)(F)F)cs1)NCCc1ccc(OC(C)C)cc1. The molecule has 1 heterocycles. The lowest BCUT2D eigenvalue weighted by Gasteiger charge is -2.12. The molecular weight excluding hydrogens is 389 g/mol. The average molecular weight is 414 g/mol. The van der Waals surface area contributed by atoms with Crippen LogP contribution < -0.4 is 15.4 Å². The number of hydrogen-bond donors (Lipinski definition) is 2. The van der Waals surface area contributed by atoms with E-state index in [1.54, 1.807) is 0 Å². The van der Waals surface area contributed by atoms with Gasteiger partial charge in [0, 0.05) is 18.5 Å². The molecule has 0 radical (unpaired) electrons. The fourth-order valence-electron chi connectivity index (χ4n) is 2.33. The lowest BCUT2D eigenvalue weighted by Crippen LogP contribution is -2.38. The lowest BCUT2D eigenvalue weighted by molar-refractivity contribution is -0.140. The number of guanidine groups is 1. The third-order valence-corrected chi connectivity index (χ3v) is 4.39. The van der Waals surface area contributed by atoms with Gasteiger partial charge in [-0.3, -0.25) is 0 Å². The minimum atomic E-state index is -4.42. The summed E-state index contributed by atoms with van der Waals surface area (Å²) in [6, 6.07) is 7.90. The van der Waals surface area contributed by atoms with Crippen molar-refractivity contribution in [2.24, 2.45) is 4.99 Å². The summed E-state index contributed by atoms with van der Waals surface area (Å²) in [7, 11) is 0. The molecule has 1 aromatic heterocycles. The largest absolute Gasteiger partial charge is 0.491 e. The molecule has 0 unspecified atom stereocenters. The number of nitrogens with zero attached hydrogens (tertiary/aromatic N) is 2. The molecule has 2 N–H and O–H groups in total. The zero-order chi connectivity index (χ0) is 20.6. The quantitative estimate of drug-likeness (QED) is 0.501. The van der Waals surface area contributed by atoms with Crippen molar-refractivity contribution in [3.05, 3.63) is 45.9 Å². The van der Waals surface area contributed by atoms with E-state index in [4.69, 9.17) is 4.74 Å². The standard InChI is InChI=1S/C19H25F3N4OS/c1-4-23-18(25-11-17-26-16(12-28-17)19(20,21)22)24-10-9-14-5-7-15(8-6-14)27-13(2)3/h5-8,12-13H,4,9-11H2,1-3H3,(H2,23,24,25). The third-order valence-electron chi connectivity index (χ3n) is 3.56. The number of hydrogen-bond acceptors (Lipinski definition) is 4. The molecule has 154 valence electrons. The van der Waals surface area contributed by atoms with E-state index in [0.29, 0.717) is 24.1 Å². The molecular formula is C19H25F3N4OS. The van der Waals surface area contributed by atoms with Crippen LogP contribution in [0.4, 0.5) is 13.2 Å². The number of ether oxygens (including phenoxy) is 1. The van der Waals surface area contributed by atoms with Gasteiger partial charge in [0.15, 0.2) is 11.7 Å². The second-order valence-electron chi connectivity index (χ2n) is 6.31. The van der Waals surface area contributed by atoms with Crippen LogP contribution in [-0.4, -0.2) is 30.1 Å². The number of rotatable bonds is 8. The van der Waals surface area contributed by atoms with E-state index < -0.39 is 11.9 Å². The Balaban J connectivity index is 1.86. The molecule has 0 amide bonds. The lowest BCUT2D eigenvalue weighted by atomic mass is 10.1. The summed E-state index contributed by atoms with van der Waals surface area (Å²) in [4.78, 5) is 7.90. The first-order valence-electron chi connectivity index (χ1n) is 9.07. The molecule has 0 atom stereocenters. The molecule has 0 saturated heterocycles. The van der Waals surface area contributed by atoms with Crippen molar-refractivity contribution in [3.8, 4) is 5.75 Å². The fraction of sp³-hybridized carbons (Fsp3) is 0.474. The van der Waals surface area contributed by atoms with Crippen molar-refractivity contribution in [1.82, 2.24) is 15.6 Å². The Morgan fingerprint density at radius 1 is 1.21 bits per heavy atom. The van der Waals surface area contributed by atoms with Crippen LogP contribution in [0.5, 0.6) is 5.75 Å². The first kappa shape index (κ1) is 22.0. The molecule has 0 saturated carbocycles. The summed E-state index contributed by atoms with van der Waals surface area (Å²) in [5.74, 6) is 1.38. The highest BCUT2D eigenvalue weighted by Gasteiger charge is 2.33. The molecule has 0 aliphatic heterocycles. The molecule has 2 rings (SSSR count). The van der Waals surface area contributed by atoms with Gasteiger partial charge in [-0.15, -0.1) is 11.3 Å². The number of aromatic nitrogens is 1. The summed E-state index contributed by atoms with van der Waals surface area (Å²) in [6.45, 7) is 7.28. The van der Waals surface area contributed by atoms with Crippen molar-refractivity contribution in [2.45, 2.75) is 46.0 Å². The van der Waals surface area contributed by atoms with Gasteiger partial charge in [0.25, 0.3) is 0 Å². The van der Waals surface area contributed by atoms with Crippen molar-refractivity contribution >= 4 is 17.3 Å². The summed E-state index contributed by atoms with van der Waals surface area (Å²) < 4.78 is 43.5. The number of benzene rings is 1. The molecule has 28 heavy (non-hydrogen) atoms. The van der Waals surface area contributed by atoms with Crippen LogP contribution in [0.25, 0.3) is 0 Å². The fourth-order valence-corrected chi connectivity index (χ4v) is 3.06. The number of alkyl halides is 3. The molecule has 0 fully saturated rings. The Bertz CT molecular complexity index is 757. The van der Waals surface area contributed by atoms with Crippen molar-refractivity contribution in [2.75, 3.05) is 13.1 Å². The minimum Gasteiger partial charge on any atom is -0.491 e. The monoisotopic (exact) mass is 414 g/mol. The number of aliphatic imine (C=N–C) groups is 1. The highest BCUT2D eigenvalue weighted by Crippen LogP contribution is 2.30. The second kappa shape index (κ2) is 10.3. The van der Waals surface area contributed by atoms with Gasteiger partial charge in [0.2, 0.25) is 0 Å². The maximum absolute atomic E-state index is 12.6. The highest BCUT2D eigenvalue weighted by molar-refractivity contribution is 7.09. The normalized spacial score (nSPS) is 12.3. The van der Waals surface area contributed by atoms with Crippen molar-refractivity contribution in [1.29, 1.82) is 0 Å². The summed E-state index contributed by atoms with van der Waals surface area (Å²) in [6.07, 6.45) is -3.50. The predicted molar refractivity (Wildman–Crippen MR) is 106 cm³/mol. The Hall–Kier alpha value is -2.29. The van der Waals surface area contributed by atoms with Crippen LogP contribution in [0.15, 0.2) is 34.6 Å².